The number of nitrogens with zero attached hydrogens (tertiary/aromatic N) is 5. The standard InChI is InChI=1S/C26H22ClN5O/c1-4-16-30-21-12-8-9-13-22(21)32-26(30)24(18(3)29-32)23(33)15-14-20-17(2)28-31(25(20)27)19-10-6-5-7-11-19/h4-15H,1,16H2,2-3H3/b15-14+. The maximum Gasteiger partial charge on any atom is 0.191 e. The van der Waals surface area contributed by atoms with E-state index in [1.165, 1.54) is 0 Å². The van der Waals surface area contributed by atoms with Gasteiger partial charge >= 0.3 is 0 Å². The minimum Gasteiger partial charge on any atom is -0.320 e. The number of aryl methyl sites for hydroxylation is 2. The van der Waals surface area contributed by atoms with Crippen molar-refractivity contribution >= 4 is 40.1 Å². The number of para-hydroxylation sites is 3. The van der Waals surface area contributed by atoms with Crippen LogP contribution in [0.2, 0.25) is 5.15 Å². The molecule has 0 bridgehead atoms. The fourth-order valence-electron chi connectivity index (χ4n) is 4.20. The lowest BCUT2D eigenvalue weighted by atomic mass is 10.1. The lowest BCUT2D eigenvalue weighted by Crippen LogP contribution is -2.02. The minimum absolute atomic E-state index is 0.140. The molecule has 0 amide bonds. The average Bonchev–Trinajstić information content (AvgIpc) is 3.42. The molecule has 33 heavy (non-hydrogen) atoms. The van der Waals surface area contributed by atoms with E-state index in [4.69, 9.17) is 11.6 Å². The van der Waals surface area contributed by atoms with E-state index in [1.54, 1.807) is 16.8 Å². The summed E-state index contributed by atoms with van der Waals surface area (Å²) >= 11 is 6.62. The zero-order valence-corrected chi connectivity index (χ0v) is 19.1. The highest BCUT2D eigenvalue weighted by atomic mass is 35.5. The molecule has 0 saturated carbocycles. The number of halogens is 1. The van der Waals surface area contributed by atoms with E-state index in [0.29, 0.717) is 28.5 Å². The maximum atomic E-state index is 13.4. The Kier molecular flexibility index (Phi) is 5.23. The van der Waals surface area contributed by atoms with E-state index in [2.05, 4.69) is 21.3 Å². The van der Waals surface area contributed by atoms with Crippen LogP contribution in [-0.4, -0.2) is 29.7 Å². The summed E-state index contributed by atoms with van der Waals surface area (Å²) in [6, 6.07) is 17.6. The number of fused-ring (bicyclic) bond motifs is 3. The van der Waals surface area contributed by atoms with Gasteiger partial charge in [0.25, 0.3) is 0 Å². The van der Waals surface area contributed by atoms with Gasteiger partial charge in [-0.3, -0.25) is 4.79 Å². The normalized spacial score (nSPS) is 11.7. The van der Waals surface area contributed by atoms with Gasteiger partial charge in [-0.2, -0.15) is 10.2 Å². The number of hydrogen-bond donors (Lipinski definition) is 0. The van der Waals surface area contributed by atoms with Gasteiger partial charge in [-0.1, -0.05) is 48.0 Å². The molecule has 0 radical (unpaired) electrons. The lowest BCUT2D eigenvalue weighted by Gasteiger charge is -2.03. The van der Waals surface area contributed by atoms with Gasteiger partial charge < -0.3 is 4.57 Å². The van der Waals surface area contributed by atoms with E-state index >= 15 is 0 Å². The van der Waals surface area contributed by atoms with Gasteiger partial charge in [0.2, 0.25) is 0 Å². The predicted octanol–water partition coefficient (Wildman–Crippen LogP) is 5.83. The first-order chi connectivity index (χ1) is 16.0. The number of allylic oxidation sites excluding steroid dienone is 2. The molecule has 6 nitrogen and oxygen atoms in total. The van der Waals surface area contributed by atoms with Crippen molar-refractivity contribution in [3.8, 4) is 5.69 Å². The predicted molar refractivity (Wildman–Crippen MR) is 132 cm³/mol. The van der Waals surface area contributed by atoms with Gasteiger partial charge in [0.05, 0.1) is 33.7 Å². The van der Waals surface area contributed by atoms with Crippen molar-refractivity contribution in [2.24, 2.45) is 0 Å². The summed E-state index contributed by atoms with van der Waals surface area (Å²) in [6.07, 6.45) is 5.10. The van der Waals surface area contributed by atoms with Crippen LogP contribution in [0, 0.1) is 13.8 Å². The molecule has 0 aliphatic carbocycles. The summed E-state index contributed by atoms with van der Waals surface area (Å²) in [7, 11) is 0. The first kappa shape index (κ1) is 21.0. The molecule has 3 heterocycles. The molecular weight excluding hydrogens is 434 g/mol. The van der Waals surface area contributed by atoms with Crippen molar-refractivity contribution in [2.45, 2.75) is 20.4 Å². The molecule has 0 N–H and O–H groups in total. The first-order valence-corrected chi connectivity index (χ1v) is 11.0. The Morgan fingerprint density at radius 3 is 2.42 bits per heavy atom. The third kappa shape index (κ3) is 3.39. The molecule has 3 aromatic heterocycles. The molecule has 7 heteroatoms. The van der Waals surface area contributed by atoms with Crippen molar-refractivity contribution in [2.75, 3.05) is 0 Å². The molecule has 0 saturated heterocycles. The molecule has 5 aromatic rings. The molecule has 164 valence electrons. The molecule has 0 aliphatic rings. The second-order valence-corrected chi connectivity index (χ2v) is 8.18. The van der Waals surface area contributed by atoms with Crippen LogP contribution in [0.25, 0.3) is 28.4 Å². The maximum absolute atomic E-state index is 13.4. The number of imidazole rings is 1. The molecule has 2 aromatic carbocycles. The Hall–Kier alpha value is -3.90. The van der Waals surface area contributed by atoms with Crippen LogP contribution in [0.1, 0.15) is 27.3 Å². The number of benzene rings is 2. The number of hydrogen-bond acceptors (Lipinski definition) is 3. The molecule has 0 spiro atoms. The quantitative estimate of drug-likeness (QED) is 0.184. The summed E-state index contributed by atoms with van der Waals surface area (Å²) in [5.74, 6) is -0.140. The number of ketones is 1. The molecule has 0 unspecified atom stereocenters. The van der Waals surface area contributed by atoms with Gasteiger partial charge in [-0.05, 0) is 50.3 Å². The van der Waals surface area contributed by atoms with E-state index in [9.17, 15) is 4.79 Å². The van der Waals surface area contributed by atoms with Crippen LogP contribution in [0.4, 0.5) is 0 Å². The number of rotatable bonds is 6. The fourth-order valence-corrected chi connectivity index (χ4v) is 4.54. The second-order valence-electron chi connectivity index (χ2n) is 7.82. The summed E-state index contributed by atoms with van der Waals surface area (Å²) in [6.45, 7) is 8.18. The third-order valence-corrected chi connectivity index (χ3v) is 6.06. The summed E-state index contributed by atoms with van der Waals surface area (Å²) < 4.78 is 5.57. The first-order valence-electron chi connectivity index (χ1n) is 10.6. The van der Waals surface area contributed by atoms with Gasteiger partial charge in [-0.15, -0.1) is 6.58 Å². The van der Waals surface area contributed by atoms with Crippen molar-refractivity contribution in [1.29, 1.82) is 0 Å². The largest absolute Gasteiger partial charge is 0.320 e. The Labute approximate surface area is 196 Å². The van der Waals surface area contributed by atoms with Crippen molar-refractivity contribution in [1.82, 2.24) is 24.0 Å². The monoisotopic (exact) mass is 455 g/mol. The average molecular weight is 456 g/mol. The SMILES string of the molecule is C=CCn1c2ccccc2n2nc(C)c(C(=O)/C=C/c3c(C)nn(-c4ccccc4)c3Cl)c12. The summed E-state index contributed by atoms with van der Waals surface area (Å²) in [5, 5.41) is 9.67. The van der Waals surface area contributed by atoms with Gasteiger partial charge in [-0.25, -0.2) is 9.20 Å². The summed E-state index contributed by atoms with van der Waals surface area (Å²) in [5.41, 5.74) is 6.25. The van der Waals surface area contributed by atoms with Crippen LogP contribution in [0.5, 0.6) is 0 Å². The molecule has 0 fully saturated rings. The number of carbonyl (C=O) groups is 1. The highest BCUT2D eigenvalue weighted by Gasteiger charge is 2.22. The van der Waals surface area contributed by atoms with E-state index < -0.39 is 0 Å². The van der Waals surface area contributed by atoms with Crippen molar-refractivity contribution < 1.29 is 4.79 Å². The molecule has 5 rings (SSSR count). The van der Waals surface area contributed by atoms with Crippen LogP contribution < -0.4 is 0 Å². The zero-order chi connectivity index (χ0) is 23.1. The Balaban J connectivity index is 1.59. The van der Waals surface area contributed by atoms with Crippen LogP contribution in [0.3, 0.4) is 0 Å². The zero-order valence-electron chi connectivity index (χ0n) is 18.4. The van der Waals surface area contributed by atoms with Crippen molar-refractivity contribution in [3.63, 3.8) is 0 Å². The molecular formula is C26H22ClN5O. The van der Waals surface area contributed by atoms with E-state index in [1.807, 2.05) is 79.0 Å². The summed E-state index contributed by atoms with van der Waals surface area (Å²) in [4.78, 5) is 13.4. The number of aromatic nitrogens is 5. The second kappa shape index (κ2) is 8.22. The Bertz CT molecular complexity index is 1550. The fraction of sp³-hybridized carbons (Fsp3) is 0.115. The van der Waals surface area contributed by atoms with Gasteiger partial charge in [0.1, 0.15) is 10.8 Å². The lowest BCUT2D eigenvalue weighted by molar-refractivity contribution is 0.104. The number of carbonyl (C=O) groups excluding carboxylic acids is 1. The van der Waals surface area contributed by atoms with Gasteiger partial charge in [0, 0.05) is 12.1 Å². The van der Waals surface area contributed by atoms with Crippen LogP contribution in [0.15, 0.2) is 73.3 Å². The molecule has 0 atom stereocenters. The smallest absolute Gasteiger partial charge is 0.191 e. The van der Waals surface area contributed by atoms with Crippen molar-refractivity contribution in [3.05, 3.63) is 101 Å². The highest BCUT2D eigenvalue weighted by Crippen LogP contribution is 2.28. The van der Waals surface area contributed by atoms with E-state index in [-0.39, 0.29) is 5.78 Å². The Morgan fingerprint density at radius 1 is 1.00 bits per heavy atom. The molecule has 0 aliphatic heterocycles. The highest BCUT2D eigenvalue weighted by molar-refractivity contribution is 6.31. The van der Waals surface area contributed by atoms with Crippen LogP contribution in [-0.2, 0) is 6.54 Å². The topological polar surface area (TPSA) is 57.1 Å². The van der Waals surface area contributed by atoms with Crippen LogP contribution >= 0.6 is 11.6 Å². The third-order valence-electron chi connectivity index (χ3n) is 5.70. The van der Waals surface area contributed by atoms with Gasteiger partial charge in [0.15, 0.2) is 5.78 Å². The minimum atomic E-state index is -0.140. The van der Waals surface area contributed by atoms with E-state index in [0.717, 1.165) is 28.1 Å². The Morgan fingerprint density at radius 2 is 1.70 bits per heavy atom.